The summed E-state index contributed by atoms with van der Waals surface area (Å²) < 4.78 is 1.38. The van der Waals surface area contributed by atoms with Gasteiger partial charge in [-0.3, -0.25) is 4.79 Å². The molecule has 0 fully saturated rings. The fourth-order valence-electron chi connectivity index (χ4n) is 1.38. The third-order valence-corrected chi connectivity index (χ3v) is 2.47. The molecule has 1 N–H and O–H groups in total. The average molecular weight is 264 g/mol. The molecule has 0 unspecified atom stereocenters. The Labute approximate surface area is 108 Å². The molecule has 0 aliphatic carbocycles. The standard InChI is InChI=1S/C12H10ClN3O2/c13-10-3-1-9(2-4-10)12(18)5-11(17)6-16-8-14-7-15-16/h1-5,7-8,18H,6H2/b12-5-. The first kappa shape index (κ1) is 12.3. The summed E-state index contributed by atoms with van der Waals surface area (Å²) in [6, 6.07) is 6.56. The van der Waals surface area contributed by atoms with E-state index in [1.54, 1.807) is 24.3 Å². The number of hydrogen-bond donors (Lipinski definition) is 1. The summed E-state index contributed by atoms with van der Waals surface area (Å²) >= 11 is 5.73. The number of aliphatic hydroxyl groups excluding tert-OH is 1. The Bertz CT molecular complexity index is 562. The molecule has 1 aromatic heterocycles. The minimum atomic E-state index is -0.270. The van der Waals surface area contributed by atoms with Crippen LogP contribution in [-0.4, -0.2) is 25.7 Å². The molecule has 92 valence electrons. The zero-order valence-corrected chi connectivity index (χ0v) is 10.1. The molecule has 18 heavy (non-hydrogen) atoms. The van der Waals surface area contributed by atoms with Crippen LogP contribution < -0.4 is 0 Å². The monoisotopic (exact) mass is 263 g/mol. The van der Waals surface area contributed by atoms with E-state index in [0.29, 0.717) is 10.6 Å². The molecular formula is C12H10ClN3O2. The van der Waals surface area contributed by atoms with E-state index in [2.05, 4.69) is 10.1 Å². The van der Waals surface area contributed by atoms with Gasteiger partial charge in [0.15, 0.2) is 5.78 Å². The Morgan fingerprint density at radius 3 is 2.72 bits per heavy atom. The van der Waals surface area contributed by atoms with Gasteiger partial charge < -0.3 is 5.11 Å². The summed E-state index contributed by atoms with van der Waals surface area (Å²) in [7, 11) is 0. The predicted octanol–water partition coefficient (Wildman–Crippen LogP) is 2.10. The second-order valence-electron chi connectivity index (χ2n) is 3.60. The summed E-state index contributed by atoms with van der Waals surface area (Å²) in [5.74, 6) is -0.371. The van der Waals surface area contributed by atoms with Crippen LogP contribution in [0.25, 0.3) is 5.76 Å². The van der Waals surface area contributed by atoms with E-state index in [1.807, 2.05) is 0 Å². The zero-order valence-electron chi connectivity index (χ0n) is 9.32. The Hall–Kier alpha value is -2.14. The molecule has 0 saturated heterocycles. The number of allylic oxidation sites excluding steroid dienone is 1. The summed E-state index contributed by atoms with van der Waals surface area (Å²) in [6.45, 7) is 0.0393. The number of nitrogens with zero attached hydrogens (tertiary/aromatic N) is 3. The van der Waals surface area contributed by atoms with Crippen LogP contribution in [0.15, 0.2) is 43.0 Å². The van der Waals surface area contributed by atoms with Crippen LogP contribution in [0.5, 0.6) is 0 Å². The molecule has 0 aliphatic heterocycles. The zero-order chi connectivity index (χ0) is 13.0. The molecule has 2 rings (SSSR count). The molecular weight excluding hydrogens is 254 g/mol. The van der Waals surface area contributed by atoms with Crippen molar-refractivity contribution in [1.82, 2.24) is 14.8 Å². The van der Waals surface area contributed by atoms with Gasteiger partial charge in [-0.05, 0) is 24.3 Å². The number of carbonyl (C=O) groups is 1. The lowest BCUT2D eigenvalue weighted by Gasteiger charge is -2.00. The SMILES string of the molecule is O=C(/C=C(\O)c1ccc(Cl)cc1)Cn1cncn1. The van der Waals surface area contributed by atoms with E-state index < -0.39 is 0 Å². The maximum atomic E-state index is 11.6. The van der Waals surface area contributed by atoms with Gasteiger partial charge in [-0.1, -0.05) is 11.6 Å². The van der Waals surface area contributed by atoms with Crippen LogP contribution >= 0.6 is 11.6 Å². The van der Waals surface area contributed by atoms with E-state index in [9.17, 15) is 9.90 Å². The highest BCUT2D eigenvalue weighted by molar-refractivity contribution is 6.30. The smallest absolute Gasteiger partial charge is 0.180 e. The van der Waals surface area contributed by atoms with E-state index in [1.165, 1.54) is 17.3 Å². The van der Waals surface area contributed by atoms with Crippen molar-refractivity contribution in [2.75, 3.05) is 0 Å². The lowest BCUT2D eigenvalue weighted by atomic mass is 10.1. The van der Waals surface area contributed by atoms with Crippen molar-refractivity contribution in [2.45, 2.75) is 6.54 Å². The quantitative estimate of drug-likeness (QED) is 0.678. The topological polar surface area (TPSA) is 68.0 Å². The molecule has 0 bridgehead atoms. The molecule has 0 aliphatic rings. The second-order valence-corrected chi connectivity index (χ2v) is 4.03. The number of ketones is 1. The fourth-order valence-corrected chi connectivity index (χ4v) is 1.50. The molecule has 6 heteroatoms. The molecule has 1 heterocycles. The van der Waals surface area contributed by atoms with Crippen LogP contribution in [0.2, 0.25) is 5.02 Å². The van der Waals surface area contributed by atoms with E-state index in [-0.39, 0.29) is 18.1 Å². The molecule has 0 radical (unpaired) electrons. The number of carbonyl (C=O) groups excluding carboxylic acids is 1. The van der Waals surface area contributed by atoms with Crippen LogP contribution in [0.3, 0.4) is 0 Å². The Balaban J connectivity index is 2.08. The van der Waals surface area contributed by atoms with Gasteiger partial charge in [-0.25, -0.2) is 9.67 Å². The van der Waals surface area contributed by atoms with Gasteiger partial charge in [0.05, 0.1) is 0 Å². The molecule has 0 spiro atoms. The summed E-state index contributed by atoms with van der Waals surface area (Å²) in [5.41, 5.74) is 0.534. The first-order chi connectivity index (χ1) is 8.65. The minimum Gasteiger partial charge on any atom is -0.507 e. The lowest BCUT2D eigenvalue weighted by molar-refractivity contribution is -0.115. The van der Waals surface area contributed by atoms with Crippen molar-refractivity contribution < 1.29 is 9.90 Å². The van der Waals surface area contributed by atoms with Crippen molar-refractivity contribution in [3.63, 3.8) is 0 Å². The molecule has 0 atom stereocenters. The molecule has 0 amide bonds. The highest BCUT2D eigenvalue weighted by atomic mass is 35.5. The first-order valence-electron chi connectivity index (χ1n) is 5.17. The number of halogens is 1. The largest absolute Gasteiger partial charge is 0.507 e. The van der Waals surface area contributed by atoms with Crippen molar-refractivity contribution in [2.24, 2.45) is 0 Å². The van der Waals surface area contributed by atoms with Gasteiger partial charge in [0.25, 0.3) is 0 Å². The van der Waals surface area contributed by atoms with Gasteiger partial charge in [0.1, 0.15) is 25.0 Å². The average Bonchev–Trinajstić information content (AvgIpc) is 2.82. The summed E-state index contributed by atoms with van der Waals surface area (Å²) in [5, 5.41) is 14.1. The van der Waals surface area contributed by atoms with Gasteiger partial charge in [-0.15, -0.1) is 0 Å². The van der Waals surface area contributed by atoms with E-state index in [4.69, 9.17) is 11.6 Å². The molecule has 2 aromatic rings. The number of aliphatic hydroxyl groups is 1. The van der Waals surface area contributed by atoms with Crippen LogP contribution in [0.1, 0.15) is 5.56 Å². The minimum absolute atomic E-state index is 0.0393. The third-order valence-electron chi connectivity index (χ3n) is 2.22. The number of hydrogen-bond acceptors (Lipinski definition) is 4. The van der Waals surface area contributed by atoms with Crippen LogP contribution in [0, 0.1) is 0 Å². The van der Waals surface area contributed by atoms with E-state index in [0.717, 1.165) is 6.08 Å². The highest BCUT2D eigenvalue weighted by Crippen LogP contribution is 2.15. The summed E-state index contributed by atoms with van der Waals surface area (Å²) in [6.07, 6.45) is 3.94. The fraction of sp³-hybridized carbons (Fsp3) is 0.0833. The lowest BCUT2D eigenvalue weighted by Crippen LogP contribution is -2.08. The molecule has 0 saturated carbocycles. The highest BCUT2D eigenvalue weighted by Gasteiger charge is 2.04. The number of rotatable bonds is 4. The molecule has 5 nitrogen and oxygen atoms in total. The van der Waals surface area contributed by atoms with Gasteiger partial charge >= 0.3 is 0 Å². The van der Waals surface area contributed by atoms with Crippen molar-refractivity contribution in [1.29, 1.82) is 0 Å². The Morgan fingerprint density at radius 1 is 1.39 bits per heavy atom. The predicted molar refractivity (Wildman–Crippen MR) is 67.1 cm³/mol. The molecule has 1 aromatic carbocycles. The maximum Gasteiger partial charge on any atom is 0.180 e. The van der Waals surface area contributed by atoms with Gasteiger partial charge in [0.2, 0.25) is 0 Å². The maximum absolute atomic E-state index is 11.6. The summed E-state index contributed by atoms with van der Waals surface area (Å²) in [4.78, 5) is 15.3. The Kier molecular flexibility index (Phi) is 3.74. The van der Waals surface area contributed by atoms with Crippen molar-refractivity contribution >= 4 is 23.1 Å². The van der Waals surface area contributed by atoms with Crippen molar-refractivity contribution in [3.05, 3.63) is 53.6 Å². The first-order valence-corrected chi connectivity index (χ1v) is 5.55. The van der Waals surface area contributed by atoms with Crippen LogP contribution in [-0.2, 0) is 11.3 Å². The number of benzene rings is 1. The van der Waals surface area contributed by atoms with Crippen LogP contribution in [0.4, 0.5) is 0 Å². The van der Waals surface area contributed by atoms with Gasteiger partial charge in [0, 0.05) is 16.7 Å². The normalized spacial score (nSPS) is 11.5. The third kappa shape index (κ3) is 3.18. The second kappa shape index (κ2) is 5.46. The Morgan fingerprint density at radius 2 is 2.11 bits per heavy atom. The van der Waals surface area contributed by atoms with E-state index >= 15 is 0 Å². The van der Waals surface area contributed by atoms with Crippen molar-refractivity contribution in [3.8, 4) is 0 Å². The van der Waals surface area contributed by atoms with Gasteiger partial charge in [-0.2, -0.15) is 5.10 Å². The number of aromatic nitrogens is 3.